The van der Waals surface area contributed by atoms with Crippen LogP contribution < -0.4 is 4.72 Å². The third kappa shape index (κ3) is 4.17. The predicted molar refractivity (Wildman–Crippen MR) is 75.9 cm³/mol. The number of anilines is 1. The Morgan fingerprint density at radius 1 is 1.35 bits per heavy atom. The first kappa shape index (κ1) is 16.4. The molecule has 0 aliphatic rings. The van der Waals surface area contributed by atoms with Gasteiger partial charge in [0.05, 0.1) is 0 Å². The van der Waals surface area contributed by atoms with Crippen molar-refractivity contribution in [2.45, 2.75) is 26.7 Å². The van der Waals surface area contributed by atoms with E-state index in [1.165, 1.54) is 22.6 Å². The van der Waals surface area contributed by atoms with E-state index in [2.05, 4.69) is 9.71 Å². The van der Waals surface area contributed by atoms with Crippen molar-refractivity contribution in [3.8, 4) is 0 Å². The minimum Gasteiger partial charge on any atom is -0.478 e. The van der Waals surface area contributed by atoms with E-state index in [4.69, 9.17) is 5.11 Å². The van der Waals surface area contributed by atoms with Crippen molar-refractivity contribution in [3.05, 3.63) is 23.9 Å². The Morgan fingerprint density at radius 3 is 2.45 bits per heavy atom. The summed E-state index contributed by atoms with van der Waals surface area (Å²) < 4.78 is 28.0. The zero-order valence-electron chi connectivity index (χ0n) is 11.5. The highest BCUT2D eigenvalue weighted by Gasteiger charge is 2.23. The average Bonchev–Trinajstić information content (AvgIpc) is 2.38. The Balaban J connectivity index is 3.03. The molecule has 1 aromatic heterocycles. The molecule has 7 nitrogen and oxygen atoms in total. The Bertz CT molecular complexity index is 554. The summed E-state index contributed by atoms with van der Waals surface area (Å²) in [6.07, 6.45) is 2.69. The van der Waals surface area contributed by atoms with Crippen molar-refractivity contribution in [1.29, 1.82) is 0 Å². The number of nitrogens with one attached hydrogen (secondary N) is 1. The molecule has 112 valence electrons. The molecule has 1 aromatic rings. The number of aromatic nitrogens is 1. The van der Waals surface area contributed by atoms with Gasteiger partial charge in [-0.2, -0.15) is 12.7 Å². The van der Waals surface area contributed by atoms with Crippen LogP contribution in [-0.4, -0.2) is 41.9 Å². The molecule has 1 heterocycles. The highest BCUT2D eigenvalue weighted by atomic mass is 32.2. The van der Waals surface area contributed by atoms with Gasteiger partial charge in [-0.15, -0.1) is 0 Å². The molecule has 0 bridgehead atoms. The molecule has 1 rings (SSSR count). The molecule has 2 N–H and O–H groups in total. The van der Waals surface area contributed by atoms with Crippen LogP contribution in [0.4, 0.5) is 5.82 Å². The number of carboxylic acid groups (broad SMARTS) is 1. The third-order valence-electron chi connectivity index (χ3n) is 2.55. The van der Waals surface area contributed by atoms with Gasteiger partial charge in [-0.25, -0.2) is 9.78 Å². The smallest absolute Gasteiger partial charge is 0.339 e. The summed E-state index contributed by atoms with van der Waals surface area (Å²) in [5, 5.41) is 9.02. The Kier molecular flexibility index (Phi) is 5.90. The second-order valence-corrected chi connectivity index (χ2v) is 5.88. The molecular weight excluding hydrogens is 282 g/mol. The summed E-state index contributed by atoms with van der Waals surface area (Å²) in [6, 6.07) is 2.74. The number of pyridine rings is 1. The minimum atomic E-state index is -3.80. The number of aromatic carboxylic acids is 1. The summed E-state index contributed by atoms with van der Waals surface area (Å²) in [5.74, 6) is -1.40. The maximum Gasteiger partial charge on any atom is 0.339 e. The summed E-state index contributed by atoms with van der Waals surface area (Å²) in [5.41, 5.74) is -0.177. The Morgan fingerprint density at radius 2 is 1.95 bits per heavy atom. The van der Waals surface area contributed by atoms with Crippen molar-refractivity contribution < 1.29 is 18.3 Å². The van der Waals surface area contributed by atoms with Gasteiger partial charge in [0.1, 0.15) is 5.56 Å². The van der Waals surface area contributed by atoms with E-state index in [-0.39, 0.29) is 11.4 Å². The van der Waals surface area contributed by atoms with Crippen LogP contribution in [0.2, 0.25) is 0 Å². The quantitative estimate of drug-likeness (QED) is 0.759. The largest absolute Gasteiger partial charge is 0.478 e. The van der Waals surface area contributed by atoms with Gasteiger partial charge >= 0.3 is 16.2 Å². The standard InChI is InChI=1S/C12H19N3O4S/c1-3-8-15(9-4-2)20(18,19)14-11-10(12(16)17)6-5-7-13-11/h5-7H,3-4,8-9H2,1-2H3,(H,13,14)(H,16,17). The van der Waals surface area contributed by atoms with Crippen LogP contribution in [0.15, 0.2) is 18.3 Å². The van der Waals surface area contributed by atoms with Crippen molar-refractivity contribution in [1.82, 2.24) is 9.29 Å². The fraction of sp³-hybridized carbons (Fsp3) is 0.500. The van der Waals surface area contributed by atoms with Gasteiger partial charge in [-0.05, 0) is 25.0 Å². The topological polar surface area (TPSA) is 99.6 Å². The van der Waals surface area contributed by atoms with Gasteiger partial charge in [0.25, 0.3) is 0 Å². The fourth-order valence-corrected chi connectivity index (χ4v) is 3.08. The van der Waals surface area contributed by atoms with Crippen LogP contribution in [0.3, 0.4) is 0 Å². The molecule has 0 atom stereocenters. The second-order valence-electron chi connectivity index (χ2n) is 4.21. The molecular formula is C12H19N3O4S. The molecule has 0 amide bonds. The van der Waals surface area contributed by atoms with Crippen LogP contribution in [0, 0.1) is 0 Å². The van der Waals surface area contributed by atoms with Crippen LogP contribution in [0.1, 0.15) is 37.0 Å². The lowest BCUT2D eigenvalue weighted by molar-refractivity contribution is 0.0697. The molecule has 0 spiro atoms. The van der Waals surface area contributed by atoms with E-state index >= 15 is 0 Å². The van der Waals surface area contributed by atoms with Crippen molar-refractivity contribution in [3.63, 3.8) is 0 Å². The summed E-state index contributed by atoms with van der Waals surface area (Å²) in [6.45, 7) is 4.50. The molecule has 0 fully saturated rings. The van der Waals surface area contributed by atoms with Crippen LogP contribution >= 0.6 is 0 Å². The maximum atomic E-state index is 12.2. The van der Waals surface area contributed by atoms with Crippen molar-refractivity contribution >= 4 is 22.0 Å². The fourth-order valence-electron chi connectivity index (χ4n) is 1.70. The molecule has 8 heteroatoms. The Labute approximate surface area is 118 Å². The molecule has 0 aliphatic heterocycles. The lowest BCUT2D eigenvalue weighted by Gasteiger charge is -2.21. The SMILES string of the molecule is CCCN(CCC)S(=O)(=O)Nc1ncccc1C(=O)O. The normalized spacial score (nSPS) is 11.6. The third-order valence-corrected chi connectivity index (χ3v) is 4.05. The van der Waals surface area contributed by atoms with Gasteiger partial charge in [-0.3, -0.25) is 4.72 Å². The maximum absolute atomic E-state index is 12.2. The molecule has 0 aliphatic carbocycles. The lowest BCUT2D eigenvalue weighted by Crippen LogP contribution is -2.37. The molecule has 0 saturated carbocycles. The van der Waals surface area contributed by atoms with E-state index in [1.807, 2.05) is 13.8 Å². The molecule has 0 aromatic carbocycles. The summed E-state index contributed by atoms with van der Waals surface area (Å²) >= 11 is 0. The number of rotatable bonds is 8. The second kappa shape index (κ2) is 7.20. The number of carboxylic acids is 1. The predicted octanol–water partition coefficient (Wildman–Crippen LogP) is 1.56. The molecule has 20 heavy (non-hydrogen) atoms. The molecule has 0 saturated heterocycles. The Hall–Kier alpha value is -1.67. The van der Waals surface area contributed by atoms with Gasteiger partial charge < -0.3 is 5.11 Å². The highest BCUT2D eigenvalue weighted by Crippen LogP contribution is 2.15. The first-order chi connectivity index (χ1) is 9.42. The van der Waals surface area contributed by atoms with Crippen molar-refractivity contribution in [2.75, 3.05) is 17.8 Å². The van der Waals surface area contributed by atoms with Crippen LogP contribution in [0.5, 0.6) is 0 Å². The van der Waals surface area contributed by atoms with E-state index in [1.54, 1.807) is 0 Å². The van der Waals surface area contributed by atoms with Gasteiger partial charge in [-0.1, -0.05) is 13.8 Å². The molecule has 0 radical (unpaired) electrons. The lowest BCUT2D eigenvalue weighted by atomic mass is 10.3. The minimum absolute atomic E-state index is 0.169. The number of carbonyl (C=O) groups is 1. The first-order valence-electron chi connectivity index (χ1n) is 6.38. The monoisotopic (exact) mass is 301 g/mol. The number of hydrogen-bond donors (Lipinski definition) is 2. The summed E-state index contributed by atoms with van der Waals surface area (Å²) in [7, 11) is -3.80. The number of nitrogens with zero attached hydrogens (tertiary/aromatic N) is 2. The van der Waals surface area contributed by atoms with E-state index < -0.39 is 16.2 Å². The van der Waals surface area contributed by atoms with Crippen LogP contribution in [0.25, 0.3) is 0 Å². The summed E-state index contributed by atoms with van der Waals surface area (Å²) in [4.78, 5) is 14.8. The van der Waals surface area contributed by atoms with Crippen LogP contribution in [-0.2, 0) is 10.2 Å². The van der Waals surface area contributed by atoms with E-state index in [0.717, 1.165) is 0 Å². The van der Waals surface area contributed by atoms with E-state index in [9.17, 15) is 13.2 Å². The number of hydrogen-bond acceptors (Lipinski definition) is 4. The van der Waals surface area contributed by atoms with Crippen molar-refractivity contribution in [2.24, 2.45) is 0 Å². The highest BCUT2D eigenvalue weighted by molar-refractivity contribution is 7.90. The average molecular weight is 301 g/mol. The first-order valence-corrected chi connectivity index (χ1v) is 7.82. The van der Waals surface area contributed by atoms with Gasteiger partial charge in [0.15, 0.2) is 5.82 Å². The zero-order valence-corrected chi connectivity index (χ0v) is 12.4. The van der Waals surface area contributed by atoms with E-state index in [0.29, 0.717) is 25.9 Å². The zero-order chi connectivity index (χ0) is 15.2. The molecule has 0 unspecified atom stereocenters. The van der Waals surface area contributed by atoms with Gasteiger partial charge in [0, 0.05) is 19.3 Å². The van der Waals surface area contributed by atoms with Gasteiger partial charge in [0.2, 0.25) is 0 Å².